The molecule has 0 spiro atoms. The van der Waals surface area contributed by atoms with Gasteiger partial charge in [-0.25, -0.2) is 0 Å². The molecule has 2 heterocycles. The Labute approximate surface area is 116 Å². The maximum Gasteiger partial charge on any atom is 0.308 e. The Balaban J connectivity index is 1.70. The van der Waals surface area contributed by atoms with E-state index in [4.69, 9.17) is 4.74 Å². The molecular weight excluding hydrogens is 262 g/mol. The highest BCUT2D eigenvalue weighted by molar-refractivity contribution is 6.03. The van der Waals surface area contributed by atoms with E-state index < -0.39 is 30.1 Å². The van der Waals surface area contributed by atoms with E-state index in [1.54, 1.807) is 0 Å². The average molecular weight is 279 g/mol. The highest BCUT2D eigenvalue weighted by Crippen LogP contribution is 2.51. The minimum absolute atomic E-state index is 0.114. The summed E-state index contributed by atoms with van der Waals surface area (Å²) in [7, 11) is 0. The number of aliphatic carboxylic acids is 1. The molecule has 2 aliphatic heterocycles. The fraction of sp³-hybridized carbons (Fsp3) is 0.786. The lowest BCUT2D eigenvalue weighted by atomic mass is 9.83. The minimum atomic E-state index is -0.873. The number of fused-ring (bicyclic) bond motifs is 4. The number of ether oxygens (including phenoxy) is 1. The van der Waals surface area contributed by atoms with Crippen LogP contribution in [0.4, 0.5) is 0 Å². The van der Waals surface area contributed by atoms with Gasteiger partial charge in [-0.3, -0.25) is 19.3 Å². The molecule has 20 heavy (non-hydrogen) atoms. The molecule has 4 aliphatic rings. The Kier molecular flexibility index (Phi) is 2.49. The van der Waals surface area contributed by atoms with Crippen molar-refractivity contribution in [3.05, 3.63) is 0 Å². The van der Waals surface area contributed by atoms with Crippen LogP contribution in [0.25, 0.3) is 0 Å². The van der Waals surface area contributed by atoms with Crippen LogP contribution in [-0.2, 0) is 19.1 Å². The molecule has 0 aromatic heterocycles. The zero-order valence-corrected chi connectivity index (χ0v) is 11.0. The lowest BCUT2D eigenvalue weighted by Crippen LogP contribution is -2.60. The lowest BCUT2D eigenvalue weighted by molar-refractivity contribution is -0.175. The van der Waals surface area contributed by atoms with E-state index in [1.807, 2.05) is 0 Å². The number of nitrogens with zero attached hydrogens (tertiary/aromatic N) is 1. The van der Waals surface area contributed by atoms with Crippen LogP contribution in [0.15, 0.2) is 0 Å². The Morgan fingerprint density at radius 2 is 1.65 bits per heavy atom. The molecule has 6 unspecified atom stereocenters. The summed E-state index contributed by atoms with van der Waals surface area (Å²) in [5.41, 5.74) is 0. The molecule has 2 aliphatic carbocycles. The molecule has 6 nitrogen and oxygen atoms in total. The second kappa shape index (κ2) is 4.04. The predicted molar refractivity (Wildman–Crippen MR) is 65.5 cm³/mol. The minimum Gasteiger partial charge on any atom is -0.481 e. The molecule has 2 saturated carbocycles. The van der Waals surface area contributed by atoms with Crippen LogP contribution >= 0.6 is 0 Å². The molecule has 0 radical (unpaired) electrons. The van der Waals surface area contributed by atoms with Gasteiger partial charge in [-0.1, -0.05) is 0 Å². The molecular formula is C14H17NO5. The van der Waals surface area contributed by atoms with Crippen molar-refractivity contribution in [2.45, 2.75) is 50.4 Å². The topological polar surface area (TPSA) is 83.9 Å². The van der Waals surface area contributed by atoms with Crippen LogP contribution < -0.4 is 0 Å². The molecule has 2 amide bonds. The molecule has 4 bridgehead atoms. The van der Waals surface area contributed by atoms with E-state index in [0.717, 1.165) is 19.3 Å². The number of carbonyl (C=O) groups excluding carboxylic acids is 2. The number of likely N-dealkylation sites (tertiary alicyclic amines) is 1. The summed E-state index contributed by atoms with van der Waals surface area (Å²) >= 11 is 0. The molecule has 0 aromatic rings. The number of carboxylic acid groups (broad SMARTS) is 1. The Morgan fingerprint density at radius 3 is 2.25 bits per heavy atom. The second-order valence-corrected chi connectivity index (χ2v) is 6.43. The van der Waals surface area contributed by atoms with Crippen molar-refractivity contribution in [2.75, 3.05) is 0 Å². The third-order valence-corrected chi connectivity index (χ3v) is 5.50. The van der Waals surface area contributed by atoms with Crippen LogP contribution in [0.5, 0.6) is 0 Å². The summed E-state index contributed by atoms with van der Waals surface area (Å²) in [4.78, 5) is 37.7. The number of amides is 2. The number of hydrogen-bond acceptors (Lipinski definition) is 4. The molecule has 2 saturated heterocycles. The molecule has 6 atom stereocenters. The van der Waals surface area contributed by atoms with Crippen LogP contribution in [0.2, 0.25) is 0 Å². The first-order valence-electron chi connectivity index (χ1n) is 7.33. The molecule has 6 heteroatoms. The van der Waals surface area contributed by atoms with Crippen LogP contribution in [0.3, 0.4) is 0 Å². The van der Waals surface area contributed by atoms with Crippen LogP contribution in [-0.4, -0.2) is 46.0 Å². The Hall–Kier alpha value is -1.43. The van der Waals surface area contributed by atoms with E-state index >= 15 is 0 Å². The number of carbonyl (C=O) groups is 3. The van der Waals surface area contributed by atoms with Crippen molar-refractivity contribution in [3.8, 4) is 0 Å². The standard InChI is InChI=1S/C14H17NO5/c16-12-8-3-4-9(20-8)13(17)15(12)11-7-2-1-6(5-7)10(11)14(18)19/h6-11H,1-5H2,(H,18,19). The molecule has 4 rings (SSSR count). The zero-order valence-electron chi connectivity index (χ0n) is 11.0. The van der Waals surface area contributed by atoms with E-state index in [0.29, 0.717) is 12.8 Å². The SMILES string of the molecule is O=C(O)C1C2CCC(C2)C1N1C(=O)C2CCC(O2)C1=O. The van der Waals surface area contributed by atoms with Crippen molar-refractivity contribution in [1.82, 2.24) is 4.90 Å². The van der Waals surface area contributed by atoms with Gasteiger partial charge in [-0.2, -0.15) is 0 Å². The third kappa shape index (κ3) is 1.45. The molecule has 1 N–H and O–H groups in total. The third-order valence-electron chi connectivity index (χ3n) is 5.50. The van der Waals surface area contributed by atoms with Gasteiger partial charge in [0.2, 0.25) is 0 Å². The maximum absolute atomic E-state index is 12.4. The van der Waals surface area contributed by atoms with Crippen LogP contribution in [0, 0.1) is 17.8 Å². The van der Waals surface area contributed by atoms with Crippen molar-refractivity contribution in [2.24, 2.45) is 17.8 Å². The highest BCUT2D eigenvalue weighted by atomic mass is 16.5. The van der Waals surface area contributed by atoms with Crippen molar-refractivity contribution in [1.29, 1.82) is 0 Å². The quantitative estimate of drug-likeness (QED) is 0.740. The first-order chi connectivity index (χ1) is 9.58. The van der Waals surface area contributed by atoms with Crippen molar-refractivity contribution in [3.63, 3.8) is 0 Å². The van der Waals surface area contributed by atoms with Gasteiger partial charge in [0.25, 0.3) is 11.8 Å². The van der Waals surface area contributed by atoms with Crippen molar-refractivity contribution >= 4 is 17.8 Å². The fourth-order valence-electron chi connectivity index (χ4n) is 4.69. The summed E-state index contributed by atoms with van der Waals surface area (Å²) in [5.74, 6) is -1.81. The summed E-state index contributed by atoms with van der Waals surface area (Å²) in [6.07, 6.45) is 2.73. The van der Waals surface area contributed by atoms with Gasteiger partial charge >= 0.3 is 5.97 Å². The smallest absolute Gasteiger partial charge is 0.308 e. The average Bonchev–Trinajstić information content (AvgIpc) is 3.11. The Morgan fingerprint density at radius 1 is 1.05 bits per heavy atom. The number of imide groups is 1. The summed E-state index contributed by atoms with van der Waals surface area (Å²) in [6, 6.07) is -0.446. The number of rotatable bonds is 2. The molecule has 4 fully saturated rings. The van der Waals surface area contributed by atoms with Gasteiger partial charge in [0.15, 0.2) is 0 Å². The number of hydrogen-bond donors (Lipinski definition) is 1. The number of carboxylic acids is 1. The largest absolute Gasteiger partial charge is 0.481 e. The monoisotopic (exact) mass is 279 g/mol. The van der Waals surface area contributed by atoms with Gasteiger partial charge in [0.05, 0.1) is 12.0 Å². The molecule has 108 valence electrons. The molecule has 0 aromatic carbocycles. The van der Waals surface area contributed by atoms with Gasteiger partial charge in [-0.15, -0.1) is 0 Å². The number of morpholine rings is 1. The summed E-state index contributed by atoms with van der Waals surface area (Å²) in [6.45, 7) is 0. The zero-order chi connectivity index (χ0) is 14.0. The van der Waals surface area contributed by atoms with Gasteiger partial charge in [0, 0.05) is 0 Å². The Bertz CT molecular complexity index is 482. The van der Waals surface area contributed by atoms with E-state index in [9.17, 15) is 19.5 Å². The first kappa shape index (κ1) is 12.3. The highest BCUT2D eigenvalue weighted by Gasteiger charge is 2.59. The lowest BCUT2D eigenvalue weighted by Gasteiger charge is -2.40. The normalized spacial score (nSPS) is 46.3. The fourth-order valence-corrected chi connectivity index (χ4v) is 4.69. The van der Waals surface area contributed by atoms with Gasteiger partial charge in [-0.05, 0) is 43.9 Å². The summed E-state index contributed by atoms with van der Waals surface area (Å²) < 4.78 is 5.40. The second-order valence-electron chi connectivity index (χ2n) is 6.43. The maximum atomic E-state index is 12.4. The first-order valence-corrected chi connectivity index (χ1v) is 7.33. The summed E-state index contributed by atoms with van der Waals surface area (Å²) in [5, 5.41) is 9.48. The van der Waals surface area contributed by atoms with Crippen molar-refractivity contribution < 1.29 is 24.2 Å². The van der Waals surface area contributed by atoms with E-state index in [2.05, 4.69) is 0 Å². The van der Waals surface area contributed by atoms with Gasteiger partial charge < -0.3 is 9.84 Å². The van der Waals surface area contributed by atoms with Gasteiger partial charge in [0.1, 0.15) is 12.2 Å². The van der Waals surface area contributed by atoms with E-state index in [-0.39, 0.29) is 23.7 Å². The predicted octanol–water partition coefficient (Wildman–Crippen LogP) is 0.402. The van der Waals surface area contributed by atoms with E-state index in [1.165, 1.54) is 4.90 Å². The van der Waals surface area contributed by atoms with Crippen LogP contribution in [0.1, 0.15) is 32.1 Å².